The predicted octanol–water partition coefficient (Wildman–Crippen LogP) is 3.47. The Morgan fingerprint density at radius 2 is 2.05 bits per heavy atom. The van der Waals surface area contributed by atoms with Crippen LogP contribution in [0.5, 0.6) is 5.75 Å². The summed E-state index contributed by atoms with van der Waals surface area (Å²) in [6, 6.07) is 7.37. The summed E-state index contributed by atoms with van der Waals surface area (Å²) in [5, 5.41) is 13.4. The lowest BCUT2D eigenvalue weighted by molar-refractivity contribution is 0.0689. The molecule has 2 aromatic rings. The first-order valence-corrected chi connectivity index (χ1v) is 6.91. The molecule has 5 nitrogen and oxygen atoms in total. The Balaban J connectivity index is 2.73. The van der Waals surface area contributed by atoms with Crippen molar-refractivity contribution in [3.05, 3.63) is 40.1 Å². The van der Waals surface area contributed by atoms with Crippen LogP contribution in [0.1, 0.15) is 35.9 Å². The maximum Gasteiger partial charge on any atom is 0.357 e. The average Bonchev–Trinajstić information content (AvgIpc) is 2.76. The minimum atomic E-state index is -1.06. The number of hydrogen-bond donors (Lipinski definition) is 1. The highest BCUT2D eigenvalue weighted by Gasteiger charge is 2.24. The molecule has 0 spiro atoms. The Morgan fingerprint density at radius 3 is 2.60 bits per heavy atom. The maximum absolute atomic E-state index is 11.3. The van der Waals surface area contributed by atoms with Crippen molar-refractivity contribution in [1.82, 2.24) is 9.78 Å². The highest BCUT2D eigenvalue weighted by atomic mass is 79.9. The fourth-order valence-corrected chi connectivity index (χ4v) is 2.91. The average molecular weight is 339 g/mol. The van der Waals surface area contributed by atoms with E-state index >= 15 is 0 Å². The van der Waals surface area contributed by atoms with Crippen molar-refractivity contribution in [2.45, 2.75) is 19.8 Å². The minimum absolute atomic E-state index is 0.000365. The van der Waals surface area contributed by atoms with E-state index in [2.05, 4.69) is 21.0 Å². The molecule has 106 valence electrons. The summed E-state index contributed by atoms with van der Waals surface area (Å²) in [5.41, 5.74) is 1.51. The van der Waals surface area contributed by atoms with Crippen LogP contribution in [-0.2, 0) is 0 Å². The van der Waals surface area contributed by atoms with E-state index in [1.54, 1.807) is 11.8 Å². The van der Waals surface area contributed by atoms with Gasteiger partial charge < -0.3 is 9.84 Å². The van der Waals surface area contributed by atoms with Crippen molar-refractivity contribution in [2.24, 2.45) is 0 Å². The Labute approximate surface area is 125 Å². The van der Waals surface area contributed by atoms with Gasteiger partial charge in [-0.25, -0.2) is 9.48 Å². The third kappa shape index (κ3) is 2.43. The minimum Gasteiger partial charge on any atom is -0.494 e. The molecule has 0 fully saturated rings. The quantitative estimate of drug-likeness (QED) is 0.926. The number of carboxylic acids is 1. The van der Waals surface area contributed by atoms with Gasteiger partial charge >= 0.3 is 5.97 Å². The van der Waals surface area contributed by atoms with Crippen LogP contribution in [0.25, 0.3) is 5.69 Å². The van der Waals surface area contributed by atoms with Gasteiger partial charge in [-0.15, -0.1) is 0 Å². The second-order valence-corrected chi connectivity index (χ2v) is 5.38. The van der Waals surface area contributed by atoms with Crippen LogP contribution >= 0.6 is 15.9 Å². The van der Waals surface area contributed by atoms with Gasteiger partial charge in [0.1, 0.15) is 11.4 Å². The van der Waals surface area contributed by atoms with Crippen molar-refractivity contribution in [3.8, 4) is 11.4 Å². The monoisotopic (exact) mass is 338 g/mol. The number of aromatic nitrogens is 2. The molecule has 0 radical (unpaired) electrons. The van der Waals surface area contributed by atoms with Gasteiger partial charge in [0.2, 0.25) is 0 Å². The summed E-state index contributed by atoms with van der Waals surface area (Å²) < 4.78 is 7.45. The number of methoxy groups -OCH3 is 1. The van der Waals surface area contributed by atoms with Gasteiger partial charge in [-0.1, -0.05) is 26.0 Å². The molecule has 2 rings (SSSR count). The summed E-state index contributed by atoms with van der Waals surface area (Å²) in [4.78, 5) is 11.3. The van der Waals surface area contributed by atoms with Crippen molar-refractivity contribution >= 4 is 21.9 Å². The molecule has 0 bridgehead atoms. The van der Waals surface area contributed by atoms with Crippen LogP contribution in [0, 0.1) is 0 Å². The van der Waals surface area contributed by atoms with Gasteiger partial charge in [0, 0.05) is 0 Å². The molecule has 0 aliphatic heterocycles. The number of rotatable bonds is 4. The Kier molecular flexibility index (Phi) is 4.13. The Morgan fingerprint density at radius 1 is 1.40 bits per heavy atom. The molecule has 1 N–H and O–H groups in total. The lowest BCUT2D eigenvalue weighted by Gasteiger charge is -2.13. The molecular weight excluding hydrogens is 324 g/mol. The van der Waals surface area contributed by atoms with Gasteiger partial charge in [0.05, 0.1) is 17.3 Å². The second kappa shape index (κ2) is 5.66. The van der Waals surface area contributed by atoms with E-state index in [1.165, 1.54) is 0 Å². The molecule has 1 aromatic carbocycles. The maximum atomic E-state index is 11.3. The number of halogens is 1. The molecule has 0 unspecified atom stereocenters. The number of para-hydroxylation sites is 2. The number of carboxylic acid groups (broad SMARTS) is 1. The molecule has 1 heterocycles. The largest absolute Gasteiger partial charge is 0.494 e. The lowest BCUT2D eigenvalue weighted by Crippen LogP contribution is -2.06. The number of benzene rings is 1. The fraction of sp³-hybridized carbons (Fsp3) is 0.286. The number of aromatic carboxylic acids is 1. The topological polar surface area (TPSA) is 64.4 Å². The van der Waals surface area contributed by atoms with E-state index in [0.717, 1.165) is 5.69 Å². The van der Waals surface area contributed by atoms with Crippen molar-refractivity contribution < 1.29 is 14.6 Å². The van der Waals surface area contributed by atoms with Crippen LogP contribution in [0.3, 0.4) is 0 Å². The van der Waals surface area contributed by atoms with Gasteiger partial charge in [0.15, 0.2) is 5.69 Å². The van der Waals surface area contributed by atoms with E-state index in [4.69, 9.17) is 4.74 Å². The molecule has 0 aliphatic rings. The van der Waals surface area contributed by atoms with E-state index in [1.807, 2.05) is 38.1 Å². The van der Waals surface area contributed by atoms with Gasteiger partial charge in [-0.2, -0.15) is 5.10 Å². The van der Waals surface area contributed by atoms with Crippen LogP contribution in [0.4, 0.5) is 0 Å². The molecule has 0 saturated heterocycles. The van der Waals surface area contributed by atoms with Crippen LogP contribution in [0.2, 0.25) is 0 Å². The first-order valence-electron chi connectivity index (χ1n) is 6.12. The van der Waals surface area contributed by atoms with Gasteiger partial charge in [0.25, 0.3) is 0 Å². The number of hydrogen-bond acceptors (Lipinski definition) is 3. The van der Waals surface area contributed by atoms with Crippen molar-refractivity contribution in [2.75, 3.05) is 7.11 Å². The van der Waals surface area contributed by atoms with E-state index in [9.17, 15) is 9.90 Å². The first-order chi connectivity index (χ1) is 9.47. The van der Waals surface area contributed by atoms with E-state index < -0.39 is 5.97 Å². The summed E-state index contributed by atoms with van der Waals surface area (Å²) in [7, 11) is 1.57. The molecule has 0 atom stereocenters. The number of ether oxygens (including phenoxy) is 1. The molecule has 1 aromatic heterocycles. The van der Waals surface area contributed by atoms with Gasteiger partial charge in [-0.3, -0.25) is 0 Å². The number of carbonyl (C=O) groups is 1. The fourth-order valence-electron chi connectivity index (χ4n) is 2.04. The van der Waals surface area contributed by atoms with E-state index in [0.29, 0.717) is 15.9 Å². The van der Waals surface area contributed by atoms with Crippen LogP contribution in [0.15, 0.2) is 28.7 Å². The highest BCUT2D eigenvalue weighted by Crippen LogP contribution is 2.33. The third-order valence-corrected chi connectivity index (χ3v) is 3.71. The van der Waals surface area contributed by atoms with E-state index in [-0.39, 0.29) is 11.6 Å². The zero-order valence-corrected chi connectivity index (χ0v) is 13.0. The molecule has 0 saturated carbocycles. The highest BCUT2D eigenvalue weighted by molar-refractivity contribution is 9.10. The molecule has 6 heteroatoms. The summed E-state index contributed by atoms with van der Waals surface area (Å²) >= 11 is 3.34. The SMILES string of the molecule is COc1ccccc1-n1nc(C(=O)O)c(Br)c1C(C)C. The standard InChI is InChI=1S/C14H15BrN2O3/c1-8(2)13-11(15)12(14(18)19)16-17(13)9-6-4-5-7-10(9)20-3/h4-8H,1-3H3,(H,18,19). The van der Waals surface area contributed by atoms with Gasteiger partial charge in [-0.05, 0) is 34.0 Å². The summed E-state index contributed by atoms with van der Waals surface area (Å²) in [5.74, 6) is -0.316. The predicted molar refractivity (Wildman–Crippen MR) is 78.9 cm³/mol. The van der Waals surface area contributed by atoms with Crippen molar-refractivity contribution in [1.29, 1.82) is 0 Å². The Hall–Kier alpha value is -1.82. The zero-order valence-electron chi connectivity index (χ0n) is 11.4. The van der Waals surface area contributed by atoms with Crippen LogP contribution < -0.4 is 4.74 Å². The second-order valence-electron chi connectivity index (χ2n) is 4.59. The summed E-state index contributed by atoms with van der Waals surface area (Å²) in [6.45, 7) is 3.97. The Bertz CT molecular complexity index is 650. The molecule has 20 heavy (non-hydrogen) atoms. The number of nitrogens with zero attached hydrogens (tertiary/aromatic N) is 2. The third-order valence-electron chi connectivity index (χ3n) is 2.92. The summed E-state index contributed by atoms with van der Waals surface area (Å²) in [6.07, 6.45) is 0. The smallest absolute Gasteiger partial charge is 0.357 e. The first kappa shape index (κ1) is 14.6. The zero-order chi connectivity index (χ0) is 14.9. The lowest BCUT2D eigenvalue weighted by atomic mass is 10.1. The normalized spacial score (nSPS) is 10.8. The van der Waals surface area contributed by atoms with Crippen LogP contribution in [-0.4, -0.2) is 28.0 Å². The van der Waals surface area contributed by atoms with Crippen molar-refractivity contribution in [3.63, 3.8) is 0 Å². The molecular formula is C14H15BrN2O3. The molecule has 0 aliphatic carbocycles. The molecule has 0 amide bonds.